The van der Waals surface area contributed by atoms with Crippen LogP contribution >= 0.6 is 0 Å². The van der Waals surface area contributed by atoms with Crippen molar-refractivity contribution in [2.45, 2.75) is 13.0 Å². The van der Waals surface area contributed by atoms with Gasteiger partial charge in [-0.25, -0.2) is 13.8 Å². The fourth-order valence-corrected chi connectivity index (χ4v) is 1.65. The highest BCUT2D eigenvalue weighted by Crippen LogP contribution is 2.18. The summed E-state index contributed by atoms with van der Waals surface area (Å²) in [7, 11) is 1.53. The SMILES string of the molecule is CNc1nc(NCCCn2cccn2)c(F)cc1F. The molecule has 19 heavy (non-hydrogen) atoms. The summed E-state index contributed by atoms with van der Waals surface area (Å²) in [6.07, 6.45) is 4.32. The monoisotopic (exact) mass is 267 g/mol. The molecule has 0 saturated carbocycles. The number of pyridine rings is 1. The molecule has 0 spiro atoms. The summed E-state index contributed by atoms with van der Waals surface area (Å²) in [6, 6.07) is 2.66. The maximum atomic E-state index is 13.5. The van der Waals surface area contributed by atoms with Gasteiger partial charge in [-0.05, 0) is 12.5 Å². The lowest BCUT2D eigenvalue weighted by Crippen LogP contribution is -2.10. The highest BCUT2D eigenvalue weighted by atomic mass is 19.1. The van der Waals surface area contributed by atoms with Gasteiger partial charge in [0.1, 0.15) is 0 Å². The molecule has 2 aromatic heterocycles. The summed E-state index contributed by atoms with van der Waals surface area (Å²) in [4.78, 5) is 3.83. The Labute approximate surface area is 109 Å². The molecular weight excluding hydrogens is 252 g/mol. The van der Waals surface area contributed by atoms with E-state index in [0.717, 1.165) is 19.0 Å². The van der Waals surface area contributed by atoms with Crippen LogP contribution in [0.4, 0.5) is 20.4 Å². The highest BCUT2D eigenvalue weighted by molar-refractivity contribution is 5.47. The first-order chi connectivity index (χ1) is 9.20. The molecule has 0 aromatic carbocycles. The average Bonchev–Trinajstić information content (AvgIpc) is 2.90. The minimum Gasteiger partial charge on any atom is -0.371 e. The Balaban J connectivity index is 1.88. The van der Waals surface area contributed by atoms with Crippen LogP contribution in [0, 0.1) is 11.6 Å². The Morgan fingerprint density at radius 3 is 2.74 bits per heavy atom. The first kappa shape index (κ1) is 13.3. The molecule has 0 unspecified atom stereocenters. The third-order valence-electron chi connectivity index (χ3n) is 2.58. The summed E-state index contributed by atoms with van der Waals surface area (Å²) >= 11 is 0. The van der Waals surface area contributed by atoms with E-state index >= 15 is 0 Å². The minimum absolute atomic E-state index is 0.0241. The zero-order valence-corrected chi connectivity index (χ0v) is 10.5. The van der Waals surface area contributed by atoms with Gasteiger partial charge < -0.3 is 10.6 Å². The van der Waals surface area contributed by atoms with Crippen LogP contribution in [-0.4, -0.2) is 28.4 Å². The normalized spacial score (nSPS) is 10.5. The summed E-state index contributed by atoms with van der Waals surface area (Å²) in [5.74, 6) is -1.33. The van der Waals surface area contributed by atoms with Crippen molar-refractivity contribution >= 4 is 11.6 Å². The van der Waals surface area contributed by atoms with Gasteiger partial charge in [-0.1, -0.05) is 0 Å². The van der Waals surface area contributed by atoms with Gasteiger partial charge >= 0.3 is 0 Å². The van der Waals surface area contributed by atoms with E-state index in [1.54, 1.807) is 10.9 Å². The molecule has 0 aliphatic rings. The zero-order chi connectivity index (χ0) is 13.7. The van der Waals surface area contributed by atoms with Crippen molar-refractivity contribution in [3.05, 3.63) is 36.2 Å². The quantitative estimate of drug-likeness (QED) is 0.787. The Bertz CT molecular complexity index is 527. The molecule has 2 rings (SSSR count). The van der Waals surface area contributed by atoms with Crippen LogP contribution in [0.3, 0.4) is 0 Å². The first-order valence-corrected chi connectivity index (χ1v) is 5.96. The van der Waals surface area contributed by atoms with Crippen LogP contribution in [0.25, 0.3) is 0 Å². The van der Waals surface area contributed by atoms with E-state index in [2.05, 4.69) is 20.7 Å². The lowest BCUT2D eigenvalue weighted by atomic mass is 10.3. The van der Waals surface area contributed by atoms with Gasteiger partial charge in [0.15, 0.2) is 23.3 Å². The van der Waals surface area contributed by atoms with Crippen molar-refractivity contribution in [2.75, 3.05) is 24.2 Å². The summed E-state index contributed by atoms with van der Waals surface area (Å²) in [5.41, 5.74) is 0. The van der Waals surface area contributed by atoms with Gasteiger partial charge in [-0.15, -0.1) is 0 Å². The van der Waals surface area contributed by atoms with E-state index in [0.29, 0.717) is 6.54 Å². The van der Waals surface area contributed by atoms with Gasteiger partial charge in [-0.2, -0.15) is 5.10 Å². The van der Waals surface area contributed by atoms with Crippen molar-refractivity contribution in [1.82, 2.24) is 14.8 Å². The number of rotatable bonds is 6. The summed E-state index contributed by atoms with van der Waals surface area (Å²) in [6.45, 7) is 1.25. The molecule has 5 nitrogen and oxygen atoms in total. The molecule has 2 N–H and O–H groups in total. The largest absolute Gasteiger partial charge is 0.371 e. The first-order valence-electron chi connectivity index (χ1n) is 5.96. The van der Waals surface area contributed by atoms with Gasteiger partial charge in [0.2, 0.25) is 0 Å². The number of aryl methyl sites for hydroxylation is 1. The van der Waals surface area contributed by atoms with Crippen molar-refractivity contribution < 1.29 is 8.78 Å². The molecule has 7 heteroatoms. The van der Waals surface area contributed by atoms with Gasteiger partial charge in [0, 0.05) is 38.6 Å². The summed E-state index contributed by atoms with van der Waals surface area (Å²) in [5, 5.41) is 9.47. The molecule has 0 radical (unpaired) electrons. The molecule has 2 aromatic rings. The second-order valence-corrected chi connectivity index (χ2v) is 3.95. The van der Waals surface area contributed by atoms with E-state index in [1.165, 1.54) is 7.05 Å². The molecule has 0 atom stereocenters. The maximum absolute atomic E-state index is 13.5. The molecule has 0 saturated heterocycles. The fraction of sp³-hybridized carbons (Fsp3) is 0.333. The Kier molecular flexibility index (Phi) is 4.27. The highest BCUT2D eigenvalue weighted by Gasteiger charge is 2.10. The second kappa shape index (κ2) is 6.12. The second-order valence-electron chi connectivity index (χ2n) is 3.95. The molecule has 0 fully saturated rings. The van der Waals surface area contributed by atoms with Crippen LogP contribution < -0.4 is 10.6 Å². The number of hydrogen-bond donors (Lipinski definition) is 2. The molecular formula is C12H15F2N5. The number of halogens is 2. The molecule has 102 valence electrons. The molecule has 0 aliphatic heterocycles. The van der Waals surface area contributed by atoms with Crippen LogP contribution in [0.5, 0.6) is 0 Å². The van der Waals surface area contributed by atoms with Crippen molar-refractivity contribution in [2.24, 2.45) is 0 Å². The third-order valence-corrected chi connectivity index (χ3v) is 2.58. The fourth-order valence-electron chi connectivity index (χ4n) is 1.65. The lowest BCUT2D eigenvalue weighted by molar-refractivity contribution is 0.573. The number of anilines is 2. The number of nitrogens with zero attached hydrogens (tertiary/aromatic N) is 3. The minimum atomic E-state index is -0.706. The summed E-state index contributed by atoms with van der Waals surface area (Å²) < 4.78 is 28.4. The maximum Gasteiger partial charge on any atom is 0.168 e. The van der Waals surface area contributed by atoms with Gasteiger partial charge in [0.05, 0.1) is 0 Å². The van der Waals surface area contributed by atoms with E-state index in [1.807, 2.05) is 12.3 Å². The Hall–Kier alpha value is -2.18. The molecule has 0 bridgehead atoms. The van der Waals surface area contributed by atoms with Crippen LogP contribution in [0.2, 0.25) is 0 Å². The number of aromatic nitrogens is 3. The van der Waals surface area contributed by atoms with Crippen molar-refractivity contribution in [3.8, 4) is 0 Å². The predicted octanol–water partition coefficient (Wildman–Crippen LogP) is 2.10. The molecule has 2 heterocycles. The molecule has 0 aliphatic carbocycles. The number of nitrogens with one attached hydrogen (secondary N) is 2. The van der Waals surface area contributed by atoms with Crippen LogP contribution in [-0.2, 0) is 6.54 Å². The smallest absolute Gasteiger partial charge is 0.168 e. The van der Waals surface area contributed by atoms with E-state index in [4.69, 9.17) is 0 Å². The average molecular weight is 267 g/mol. The Morgan fingerprint density at radius 2 is 2.05 bits per heavy atom. The van der Waals surface area contributed by atoms with Crippen molar-refractivity contribution in [1.29, 1.82) is 0 Å². The topological polar surface area (TPSA) is 54.8 Å². The predicted molar refractivity (Wildman–Crippen MR) is 69.0 cm³/mol. The van der Waals surface area contributed by atoms with Crippen LogP contribution in [0.1, 0.15) is 6.42 Å². The van der Waals surface area contributed by atoms with Crippen molar-refractivity contribution in [3.63, 3.8) is 0 Å². The van der Waals surface area contributed by atoms with E-state index < -0.39 is 11.6 Å². The van der Waals surface area contributed by atoms with E-state index in [9.17, 15) is 8.78 Å². The van der Waals surface area contributed by atoms with Crippen LogP contribution in [0.15, 0.2) is 24.5 Å². The van der Waals surface area contributed by atoms with Gasteiger partial charge in [0.25, 0.3) is 0 Å². The third kappa shape index (κ3) is 3.40. The molecule has 0 amide bonds. The zero-order valence-electron chi connectivity index (χ0n) is 10.5. The standard InChI is InChI=1S/C12H15F2N5/c1-15-11-9(13)8-10(14)12(18-11)16-4-2-6-19-7-3-5-17-19/h3,5,7-8H,2,4,6H2,1H3,(H2,15,16,18). The number of hydrogen-bond acceptors (Lipinski definition) is 4. The Morgan fingerprint density at radius 1 is 1.26 bits per heavy atom. The van der Waals surface area contributed by atoms with Gasteiger partial charge in [-0.3, -0.25) is 4.68 Å². The van der Waals surface area contributed by atoms with E-state index in [-0.39, 0.29) is 11.6 Å². The lowest BCUT2D eigenvalue weighted by Gasteiger charge is -2.09.